The summed E-state index contributed by atoms with van der Waals surface area (Å²) in [6, 6.07) is 8.56. The first-order valence-corrected chi connectivity index (χ1v) is 10.7. The molecule has 1 aliphatic rings. The Labute approximate surface area is 173 Å². The number of halogens is 1. The van der Waals surface area contributed by atoms with Crippen LogP contribution in [0.2, 0.25) is 0 Å². The Morgan fingerprint density at radius 2 is 1.93 bits per heavy atom. The van der Waals surface area contributed by atoms with Gasteiger partial charge in [0.05, 0.1) is 16.8 Å². The molecule has 3 heterocycles. The molecular weight excluding hydrogens is 389 g/mol. The third-order valence-corrected chi connectivity index (χ3v) is 6.20. The fourth-order valence-electron chi connectivity index (χ4n) is 3.46. The van der Waals surface area contributed by atoms with Crippen molar-refractivity contribution in [3.05, 3.63) is 42.5 Å². The number of rotatable bonds is 6. The summed E-state index contributed by atoms with van der Waals surface area (Å²) >= 11 is 1.63. The minimum Gasteiger partial charge on any atom is -0.355 e. The summed E-state index contributed by atoms with van der Waals surface area (Å²) < 4.78 is 14.3. The van der Waals surface area contributed by atoms with Crippen LogP contribution in [0.3, 0.4) is 0 Å². The molecule has 1 N–H and O–H groups in total. The van der Waals surface area contributed by atoms with Crippen LogP contribution in [0.25, 0.3) is 20.7 Å². The maximum Gasteiger partial charge on any atom is 0.234 e. The van der Waals surface area contributed by atoms with E-state index in [9.17, 15) is 9.18 Å². The molecule has 1 aromatic carbocycles. The highest BCUT2D eigenvalue weighted by Crippen LogP contribution is 2.37. The normalized spacial score (nSPS) is 15.0. The Kier molecular flexibility index (Phi) is 6.01. The molecule has 0 bridgehead atoms. The van der Waals surface area contributed by atoms with Gasteiger partial charge in [-0.05, 0) is 30.2 Å². The summed E-state index contributed by atoms with van der Waals surface area (Å²) in [5.41, 5.74) is 1.88. The molecule has 3 aromatic rings. The monoisotopic (exact) mass is 413 g/mol. The van der Waals surface area contributed by atoms with E-state index < -0.39 is 0 Å². The number of aromatic nitrogens is 2. The number of carbonyl (C=O) groups excluding carboxylic acids is 1. The number of thiophene rings is 1. The zero-order valence-electron chi connectivity index (χ0n) is 16.4. The van der Waals surface area contributed by atoms with E-state index in [4.69, 9.17) is 0 Å². The van der Waals surface area contributed by atoms with Crippen molar-refractivity contribution >= 4 is 33.3 Å². The van der Waals surface area contributed by atoms with Gasteiger partial charge in [0.2, 0.25) is 5.91 Å². The fraction of sp³-hybridized carbons (Fsp3) is 0.381. The van der Waals surface area contributed by atoms with Crippen molar-refractivity contribution in [1.82, 2.24) is 20.2 Å². The molecule has 0 radical (unpaired) electrons. The molecule has 0 spiro atoms. The second-order valence-corrected chi connectivity index (χ2v) is 8.19. The van der Waals surface area contributed by atoms with Gasteiger partial charge in [0.1, 0.15) is 18.0 Å². The zero-order chi connectivity index (χ0) is 20.2. The minimum atomic E-state index is -0.239. The Bertz CT molecular complexity index is 982. The van der Waals surface area contributed by atoms with Crippen molar-refractivity contribution in [2.45, 2.75) is 13.3 Å². The number of carbonyl (C=O) groups is 1. The Morgan fingerprint density at radius 3 is 2.66 bits per heavy atom. The first kappa shape index (κ1) is 19.7. The standard InChI is InChI=1S/C21H24FN5OS/c1-2-7-23-19(28)13-26-8-10-27(11-9-26)21-20-17(24-14-25-21)12-18(29-20)15-3-5-16(22)6-4-15/h3-6,12,14H,2,7-11,13H2,1H3,(H,23,28). The predicted octanol–water partition coefficient (Wildman–Crippen LogP) is 3.15. The number of piperazine rings is 1. The van der Waals surface area contributed by atoms with Crippen LogP contribution in [0, 0.1) is 5.82 Å². The van der Waals surface area contributed by atoms with Gasteiger partial charge < -0.3 is 10.2 Å². The summed E-state index contributed by atoms with van der Waals surface area (Å²) in [7, 11) is 0. The molecule has 1 aliphatic heterocycles. The molecule has 0 atom stereocenters. The number of amides is 1. The first-order chi connectivity index (χ1) is 14.1. The van der Waals surface area contributed by atoms with Crippen LogP contribution < -0.4 is 10.2 Å². The largest absolute Gasteiger partial charge is 0.355 e. The number of benzene rings is 1. The van der Waals surface area contributed by atoms with E-state index in [1.807, 2.05) is 13.0 Å². The molecule has 0 unspecified atom stereocenters. The number of nitrogens with one attached hydrogen (secondary N) is 1. The lowest BCUT2D eigenvalue weighted by Gasteiger charge is -2.35. The van der Waals surface area contributed by atoms with E-state index >= 15 is 0 Å². The van der Waals surface area contributed by atoms with Gasteiger partial charge >= 0.3 is 0 Å². The van der Waals surface area contributed by atoms with Crippen LogP contribution in [0.15, 0.2) is 36.7 Å². The third-order valence-electron chi connectivity index (χ3n) is 5.03. The van der Waals surface area contributed by atoms with E-state index in [0.29, 0.717) is 6.54 Å². The number of fused-ring (bicyclic) bond motifs is 1. The number of hydrogen-bond acceptors (Lipinski definition) is 6. The summed E-state index contributed by atoms with van der Waals surface area (Å²) in [5, 5.41) is 2.93. The molecule has 8 heteroatoms. The van der Waals surface area contributed by atoms with E-state index in [1.165, 1.54) is 12.1 Å². The predicted molar refractivity (Wildman–Crippen MR) is 115 cm³/mol. The molecule has 1 amide bonds. The maximum absolute atomic E-state index is 13.2. The molecule has 29 heavy (non-hydrogen) atoms. The van der Waals surface area contributed by atoms with Gasteiger partial charge in [-0.25, -0.2) is 14.4 Å². The van der Waals surface area contributed by atoms with Gasteiger partial charge in [0.15, 0.2) is 0 Å². The van der Waals surface area contributed by atoms with Crippen molar-refractivity contribution in [1.29, 1.82) is 0 Å². The van der Waals surface area contributed by atoms with Crippen LogP contribution >= 0.6 is 11.3 Å². The van der Waals surface area contributed by atoms with Gasteiger partial charge in [-0.2, -0.15) is 0 Å². The SMILES string of the molecule is CCCNC(=O)CN1CCN(c2ncnc3cc(-c4ccc(F)cc4)sc23)CC1. The molecule has 1 saturated heterocycles. The number of hydrogen-bond donors (Lipinski definition) is 1. The zero-order valence-corrected chi connectivity index (χ0v) is 17.2. The molecule has 1 fully saturated rings. The first-order valence-electron chi connectivity index (χ1n) is 9.88. The molecular formula is C21H24FN5OS. The van der Waals surface area contributed by atoms with Gasteiger partial charge in [0.25, 0.3) is 0 Å². The molecule has 152 valence electrons. The third kappa shape index (κ3) is 4.54. The Hall–Kier alpha value is -2.58. The molecule has 6 nitrogen and oxygen atoms in total. The second-order valence-electron chi connectivity index (χ2n) is 7.14. The van der Waals surface area contributed by atoms with Gasteiger partial charge in [-0.3, -0.25) is 9.69 Å². The van der Waals surface area contributed by atoms with Crippen molar-refractivity contribution in [2.75, 3.05) is 44.2 Å². The van der Waals surface area contributed by atoms with Crippen molar-refractivity contribution in [2.24, 2.45) is 0 Å². The summed E-state index contributed by atoms with van der Waals surface area (Å²) in [5.74, 6) is 0.784. The van der Waals surface area contributed by atoms with Crippen molar-refractivity contribution in [3.8, 4) is 10.4 Å². The average Bonchev–Trinajstić information content (AvgIpc) is 3.18. The molecule has 2 aromatic heterocycles. The summed E-state index contributed by atoms with van der Waals surface area (Å²) in [6.07, 6.45) is 2.55. The van der Waals surface area contributed by atoms with E-state index in [-0.39, 0.29) is 11.7 Å². The highest BCUT2D eigenvalue weighted by Gasteiger charge is 2.22. The molecule has 0 aliphatic carbocycles. The lowest BCUT2D eigenvalue weighted by Crippen LogP contribution is -2.49. The Morgan fingerprint density at radius 1 is 1.17 bits per heavy atom. The second kappa shape index (κ2) is 8.84. The fourth-order valence-corrected chi connectivity index (χ4v) is 4.60. The van der Waals surface area contributed by atoms with Crippen LogP contribution in [0.4, 0.5) is 10.2 Å². The lowest BCUT2D eigenvalue weighted by atomic mass is 10.2. The van der Waals surface area contributed by atoms with Gasteiger partial charge in [0, 0.05) is 37.6 Å². The van der Waals surface area contributed by atoms with Crippen molar-refractivity contribution in [3.63, 3.8) is 0 Å². The van der Waals surface area contributed by atoms with Crippen LogP contribution in [-0.4, -0.2) is 60.0 Å². The van der Waals surface area contributed by atoms with Gasteiger partial charge in [-0.15, -0.1) is 11.3 Å². The van der Waals surface area contributed by atoms with Crippen LogP contribution in [0.1, 0.15) is 13.3 Å². The number of anilines is 1. The smallest absolute Gasteiger partial charge is 0.234 e. The van der Waals surface area contributed by atoms with Gasteiger partial charge in [-0.1, -0.05) is 19.1 Å². The van der Waals surface area contributed by atoms with E-state index in [1.54, 1.807) is 29.8 Å². The van der Waals surface area contributed by atoms with Crippen LogP contribution in [0.5, 0.6) is 0 Å². The summed E-state index contributed by atoms with van der Waals surface area (Å²) in [4.78, 5) is 26.4. The van der Waals surface area contributed by atoms with Crippen molar-refractivity contribution < 1.29 is 9.18 Å². The molecule has 0 saturated carbocycles. The highest BCUT2D eigenvalue weighted by atomic mass is 32.1. The lowest BCUT2D eigenvalue weighted by molar-refractivity contribution is -0.122. The topological polar surface area (TPSA) is 61.4 Å². The quantitative estimate of drug-likeness (QED) is 0.673. The summed E-state index contributed by atoms with van der Waals surface area (Å²) in [6.45, 7) is 6.50. The average molecular weight is 414 g/mol. The maximum atomic E-state index is 13.2. The van der Waals surface area contributed by atoms with E-state index in [0.717, 1.165) is 65.6 Å². The highest BCUT2D eigenvalue weighted by molar-refractivity contribution is 7.22. The minimum absolute atomic E-state index is 0.0897. The van der Waals surface area contributed by atoms with E-state index in [2.05, 4.69) is 25.1 Å². The number of nitrogens with zero attached hydrogens (tertiary/aromatic N) is 4. The van der Waals surface area contributed by atoms with Crippen LogP contribution in [-0.2, 0) is 4.79 Å². The molecule has 4 rings (SSSR count). The Balaban J connectivity index is 1.47.